The molecule has 1 aromatic heterocycles. The zero-order valence-electron chi connectivity index (χ0n) is 9.94. The van der Waals surface area contributed by atoms with Crippen LogP contribution in [0.25, 0.3) is 0 Å². The summed E-state index contributed by atoms with van der Waals surface area (Å²) in [6, 6.07) is 0. The smallest absolute Gasteiger partial charge is 0.266 e. The van der Waals surface area contributed by atoms with E-state index in [9.17, 15) is 9.90 Å². The van der Waals surface area contributed by atoms with E-state index in [0.717, 1.165) is 0 Å². The van der Waals surface area contributed by atoms with Gasteiger partial charge >= 0.3 is 0 Å². The van der Waals surface area contributed by atoms with E-state index in [-0.39, 0.29) is 12.5 Å². The second-order valence-electron chi connectivity index (χ2n) is 4.30. The zero-order chi connectivity index (χ0) is 12.5. The lowest BCUT2D eigenvalue weighted by molar-refractivity contribution is 0.0477. The van der Waals surface area contributed by atoms with Crippen LogP contribution in [0.2, 0.25) is 0 Å². The Hall–Kier alpha value is -1.14. The summed E-state index contributed by atoms with van der Waals surface area (Å²) in [6.07, 6.45) is 0. The maximum absolute atomic E-state index is 12.1. The molecule has 0 aliphatic rings. The average Bonchev–Trinajstić information content (AvgIpc) is 2.55. The third-order valence-electron chi connectivity index (χ3n) is 2.61. The highest BCUT2D eigenvalue weighted by molar-refractivity contribution is 7.17. The van der Waals surface area contributed by atoms with E-state index in [4.69, 9.17) is 5.73 Å². The second-order valence-corrected chi connectivity index (χ2v) is 5.33. The Kier molecular flexibility index (Phi) is 3.54. The van der Waals surface area contributed by atoms with Crippen molar-refractivity contribution in [3.05, 3.63) is 10.6 Å². The van der Waals surface area contributed by atoms with Gasteiger partial charge in [-0.15, -0.1) is 0 Å². The SMILES string of the molecule is Cc1nc(N)sc1C(=O)N(C)C(C)(C)CO. The molecule has 0 aliphatic heterocycles. The molecule has 0 bridgehead atoms. The number of carbonyl (C=O) groups excluding carboxylic acids is 1. The quantitative estimate of drug-likeness (QED) is 0.825. The molecule has 5 nitrogen and oxygen atoms in total. The van der Waals surface area contributed by atoms with Gasteiger partial charge in [0.05, 0.1) is 17.8 Å². The Labute approximate surface area is 98.9 Å². The molecule has 1 heterocycles. The molecule has 1 amide bonds. The first-order valence-corrected chi connectivity index (χ1v) is 5.73. The van der Waals surface area contributed by atoms with Gasteiger partial charge in [0.1, 0.15) is 4.88 Å². The number of nitrogens with two attached hydrogens (primary N) is 1. The lowest BCUT2D eigenvalue weighted by atomic mass is 10.1. The van der Waals surface area contributed by atoms with Crippen molar-refractivity contribution in [2.75, 3.05) is 19.4 Å². The van der Waals surface area contributed by atoms with Gasteiger partial charge in [-0.2, -0.15) is 0 Å². The van der Waals surface area contributed by atoms with Crippen LogP contribution in [-0.2, 0) is 0 Å². The van der Waals surface area contributed by atoms with E-state index in [1.807, 2.05) is 0 Å². The molecule has 0 saturated heterocycles. The highest BCUT2D eigenvalue weighted by Crippen LogP contribution is 2.23. The van der Waals surface area contributed by atoms with Crippen molar-refractivity contribution in [3.63, 3.8) is 0 Å². The summed E-state index contributed by atoms with van der Waals surface area (Å²) >= 11 is 1.17. The van der Waals surface area contributed by atoms with Crippen molar-refractivity contribution in [2.24, 2.45) is 0 Å². The summed E-state index contributed by atoms with van der Waals surface area (Å²) in [5.74, 6) is -0.161. The van der Waals surface area contributed by atoms with Crippen LogP contribution in [0.15, 0.2) is 0 Å². The van der Waals surface area contributed by atoms with Gasteiger partial charge < -0.3 is 15.7 Å². The lowest BCUT2D eigenvalue weighted by Gasteiger charge is -2.33. The minimum Gasteiger partial charge on any atom is -0.394 e. The Balaban J connectivity index is 2.99. The molecule has 0 unspecified atom stereocenters. The molecule has 0 atom stereocenters. The number of carbonyl (C=O) groups is 1. The highest BCUT2D eigenvalue weighted by atomic mass is 32.1. The van der Waals surface area contributed by atoms with Gasteiger partial charge in [-0.1, -0.05) is 11.3 Å². The third-order valence-corrected chi connectivity index (χ3v) is 3.58. The third kappa shape index (κ3) is 2.33. The van der Waals surface area contributed by atoms with Crippen LogP contribution < -0.4 is 5.73 Å². The van der Waals surface area contributed by atoms with Gasteiger partial charge in [-0.05, 0) is 20.8 Å². The number of thiazole rings is 1. The lowest BCUT2D eigenvalue weighted by Crippen LogP contribution is -2.47. The topological polar surface area (TPSA) is 79.5 Å². The molecule has 3 N–H and O–H groups in total. The van der Waals surface area contributed by atoms with E-state index in [0.29, 0.717) is 15.7 Å². The number of likely N-dealkylation sites (N-methyl/N-ethyl adjacent to an activating group) is 1. The van der Waals surface area contributed by atoms with E-state index in [1.165, 1.54) is 16.2 Å². The van der Waals surface area contributed by atoms with Crippen molar-refractivity contribution in [1.82, 2.24) is 9.88 Å². The largest absolute Gasteiger partial charge is 0.394 e. The predicted molar refractivity (Wildman–Crippen MR) is 64.5 cm³/mol. The van der Waals surface area contributed by atoms with E-state index in [1.54, 1.807) is 27.8 Å². The highest BCUT2D eigenvalue weighted by Gasteiger charge is 2.29. The fourth-order valence-corrected chi connectivity index (χ4v) is 1.96. The van der Waals surface area contributed by atoms with Gasteiger partial charge in [0.25, 0.3) is 5.91 Å². The van der Waals surface area contributed by atoms with E-state index >= 15 is 0 Å². The van der Waals surface area contributed by atoms with Crippen LogP contribution in [0, 0.1) is 6.92 Å². The molecule has 0 spiro atoms. The Morgan fingerprint density at radius 1 is 1.62 bits per heavy atom. The number of anilines is 1. The standard InChI is InChI=1S/C10H17N3O2S/c1-6-7(16-9(11)12-6)8(15)13(4)10(2,3)5-14/h14H,5H2,1-4H3,(H2,11,12). The summed E-state index contributed by atoms with van der Waals surface area (Å²) in [7, 11) is 1.66. The Bertz CT molecular complexity index is 401. The summed E-state index contributed by atoms with van der Waals surface area (Å²) in [5, 5.41) is 9.59. The molecular weight excluding hydrogens is 226 g/mol. The van der Waals surface area contributed by atoms with Crippen molar-refractivity contribution in [2.45, 2.75) is 26.3 Å². The molecule has 90 valence electrons. The molecule has 16 heavy (non-hydrogen) atoms. The molecule has 0 saturated carbocycles. The normalized spacial score (nSPS) is 11.6. The van der Waals surface area contributed by atoms with Crippen LogP contribution >= 0.6 is 11.3 Å². The monoisotopic (exact) mass is 243 g/mol. The fourth-order valence-electron chi connectivity index (χ4n) is 1.15. The summed E-state index contributed by atoms with van der Waals surface area (Å²) in [5.41, 5.74) is 5.58. The molecule has 1 rings (SSSR count). The number of nitrogens with zero attached hydrogens (tertiary/aromatic N) is 2. The van der Waals surface area contributed by atoms with Gasteiger partial charge in [-0.25, -0.2) is 4.98 Å². The maximum Gasteiger partial charge on any atom is 0.266 e. The van der Waals surface area contributed by atoms with Crippen LogP contribution in [0.5, 0.6) is 0 Å². The van der Waals surface area contributed by atoms with Crippen LogP contribution in [0.4, 0.5) is 5.13 Å². The number of rotatable bonds is 3. The molecule has 0 radical (unpaired) electrons. The average molecular weight is 243 g/mol. The van der Waals surface area contributed by atoms with Crippen LogP contribution in [0.1, 0.15) is 29.2 Å². The minimum atomic E-state index is -0.595. The number of hydrogen-bond acceptors (Lipinski definition) is 5. The van der Waals surface area contributed by atoms with Crippen molar-refractivity contribution >= 4 is 22.4 Å². The first kappa shape index (κ1) is 12.9. The summed E-state index contributed by atoms with van der Waals surface area (Å²) in [6.45, 7) is 5.25. The van der Waals surface area contributed by atoms with Crippen molar-refractivity contribution < 1.29 is 9.90 Å². The van der Waals surface area contributed by atoms with E-state index in [2.05, 4.69) is 4.98 Å². The summed E-state index contributed by atoms with van der Waals surface area (Å²) in [4.78, 5) is 18.2. The summed E-state index contributed by atoms with van der Waals surface area (Å²) < 4.78 is 0. The molecule has 1 aromatic rings. The second kappa shape index (κ2) is 4.39. The van der Waals surface area contributed by atoms with Gasteiger partial charge in [0.15, 0.2) is 5.13 Å². The fraction of sp³-hybridized carbons (Fsp3) is 0.600. The van der Waals surface area contributed by atoms with Crippen LogP contribution in [0.3, 0.4) is 0 Å². The zero-order valence-corrected chi connectivity index (χ0v) is 10.8. The molecular formula is C10H17N3O2S. The number of hydrogen-bond donors (Lipinski definition) is 2. The number of aliphatic hydroxyl groups excluding tert-OH is 1. The maximum atomic E-state index is 12.1. The molecule has 0 fully saturated rings. The van der Waals surface area contributed by atoms with Crippen molar-refractivity contribution in [1.29, 1.82) is 0 Å². The van der Waals surface area contributed by atoms with Crippen LogP contribution in [-0.4, -0.2) is 40.1 Å². The Morgan fingerprint density at radius 3 is 2.56 bits per heavy atom. The number of aliphatic hydroxyl groups is 1. The molecule has 0 aromatic carbocycles. The predicted octanol–water partition coefficient (Wildman–Crippen LogP) is 0.877. The van der Waals surface area contributed by atoms with Crippen molar-refractivity contribution in [3.8, 4) is 0 Å². The molecule has 0 aliphatic carbocycles. The van der Waals surface area contributed by atoms with Gasteiger partial charge in [-0.3, -0.25) is 4.79 Å². The first-order chi connectivity index (χ1) is 7.29. The number of amides is 1. The number of nitrogen functional groups attached to an aromatic ring is 1. The van der Waals surface area contributed by atoms with Gasteiger partial charge in [0, 0.05) is 7.05 Å². The number of aryl methyl sites for hydroxylation is 1. The first-order valence-electron chi connectivity index (χ1n) is 4.91. The molecule has 6 heteroatoms. The Morgan fingerprint density at radius 2 is 2.19 bits per heavy atom. The minimum absolute atomic E-state index is 0.0947. The van der Waals surface area contributed by atoms with Gasteiger partial charge in [0.2, 0.25) is 0 Å². The van der Waals surface area contributed by atoms with E-state index < -0.39 is 5.54 Å². The number of aromatic nitrogens is 1.